The standard InChI is InChI=1S/C23H18N2O2/c26-21(24-17-7-3-1-4-8-17)20-19-12-11-16-13-14-23(19,15-16)25(22(20)27)18-9-5-2-6-10-18/h1-14,16H,15H2,(H,24,26). The molecule has 2 unspecified atom stereocenters. The number of benzene rings is 2. The monoisotopic (exact) mass is 354 g/mol. The smallest absolute Gasteiger partial charge is 0.265 e. The molecule has 2 aliphatic carbocycles. The largest absolute Gasteiger partial charge is 0.322 e. The van der Waals surface area contributed by atoms with Gasteiger partial charge in [0.1, 0.15) is 5.57 Å². The highest BCUT2D eigenvalue weighted by molar-refractivity contribution is 6.31. The first-order chi connectivity index (χ1) is 13.2. The quantitative estimate of drug-likeness (QED) is 0.672. The van der Waals surface area contributed by atoms with Crippen molar-refractivity contribution in [2.75, 3.05) is 10.2 Å². The van der Waals surface area contributed by atoms with Crippen LogP contribution in [0, 0.1) is 5.92 Å². The molecular formula is C23H18N2O2. The number of carbonyl (C=O) groups is 2. The number of rotatable bonds is 3. The Bertz CT molecular complexity index is 1020. The van der Waals surface area contributed by atoms with Crippen molar-refractivity contribution in [1.29, 1.82) is 0 Å². The Kier molecular flexibility index (Phi) is 3.41. The van der Waals surface area contributed by atoms with E-state index in [1.165, 1.54) is 0 Å². The zero-order chi connectivity index (χ0) is 18.4. The number of nitrogens with zero attached hydrogens (tertiary/aromatic N) is 1. The average Bonchev–Trinajstić information content (AvgIpc) is 3.16. The third-order valence-corrected chi connectivity index (χ3v) is 5.50. The molecule has 2 amide bonds. The lowest BCUT2D eigenvalue weighted by Gasteiger charge is -2.37. The normalized spacial score (nSPS) is 25.1. The van der Waals surface area contributed by atoms with Gasteiger partial charge in [0.05, 0.1) is 5.54 Å². The summed E-state index contributed by atoms with van der Waals surface area (Å²) in [5.74, 6) is -0.312. The van der Waals surface area contributed by atoms with Crippen molar-refractivity contribution in [3.8, 4) is 0 Å². The molecule has 0 saturated carbocycles. The van der Waals surface area contributed by atoms with Crippen LogP contribution in [0.3, 0.4) is 0 Å². The van der Waals surface area contributed by atoms with E-state index in [1.54, 1.807) is 4.90 Å². The van der Waals surface area contributed by atoms with Gasteiger partial charge in [0.25, 0.3) is 11.8 Å². The van der Waals surface area contributed by atoms with Crippen molar-refractivity contribution in [2.24, 2.45) is 5.92 Å². The molecule has 2 atom stereocenters. The molecule has 0 aromatic heterocycles. The van der Waals surface area contributed by atoms with Gasteiger partial charge < -0.3 is 5.32 Å². The van der Waals surface area contributed by atoms with E-state index >= 15 is 0 Å². The minimum Gasteiger partial charge on any atom is -0.322 e. The van der Waals surface area contributed by atoms with Crippen LogP contribution < -0.4 is 10.2 Å². The molecule has 1 N–H and O–H groups in total. The Morgan fingerprint density at radius 3 is 2.44 bits per heavy atom. The number of nitrogens with one attached hydrogen (secondary N) is 1. The van der Waals surface area contributed by atoms with Crippen LogP contribution in [0.1, 0.15) is 6.42 Å². The van der Waals surface area contributed by atoms with Gasteiger partial charge in [-0.1, -0.05) is 60.7 Å². The minimum atomic E-state index is -0.568. The van der Waals surface area contributed by atoms with E-state index < -0.39 is 5.54 Å². The van der Waals surface area contributed by atoms with Gasteiger partial charge >= 0.3 is 0 Å². The highest BCUT2D eigenvalue weighted by Crippen LogP contribution is 2.51. The molecule has 5 rings (SSSR count). The van der Waals surface area contributed by atoms with Crippen molar-refractivity contribution in [2.45, 2.75) is 12.0 Å². The number of hydrogen-bond acceptors (Lipinski definition) is 2. The van der Waals surface area contributed by atoms with Crippen LogP contribution in [0.5, 0.6) is 0 Å². The number of carbonyl (C=O) groups excluding carboxylic acids is 2. The van der Waals surface area contributed by atoms with E-state index in [1.807, 2.05) is 66.7 Å². The van der Waals surface area contributed by atoms with E-state index in [9.17, 15) is 9.59 Å². The topological polar surface area (TPSA) is 49.4 Å². The Labute approximate surface area is 157 Å². The molecule has 0 saturated heterocycles. The maximum absolute atomic E-state index is 13.4. The number of anilines is 2. The Hall–Kier alpha value is -3.40. The predicted octanol–water partition coefficient (Wildman–Crippen LogP) is 3.85. The summed E-state index contributed by atoms with van der Waals surface area (Å²) in [5.41, 5.74) is 1.93. The van der Waals surface area contributed by atoms with E-state index in [0.717, 1.165) is 17.7 Å². The molecule has 2 bridgehead atoms. The summed E-state index contributed by atoms with van der Waals surface area (Å²) < 4.78 is 0. The fourth-order valence-electron chi connectivity index (χ4n) is 4.33. The fraction of sp³-hybridized carbons (Fsp3) is 0.130. The molecule has 132 valence electrons. The average molecular weight is 354 g/mol. The summed E-state index contributed by atoms with van der Waals surface area (Å²) in [6, 6.07) is 18.8. The van der Waals surface area contributed by atoms with Crippen molar-refractivity contribution in [3.63, 3.8) is 0 Å². The van der Waals surface area contributed by atoms with Gasteiger partial charge in [0.15, 0.2) is 0 Å². The van der Waals surface area contributed by atoms with Gasteiger partial charge in [0.2, 0.25) is 0 Å². The first kappa shape index (κ1) is 15.8. The van der Waals surface area contributed by atoms with E-state index in [4.69, 9.17) is 0 Å². The minimum absolute atomic E-state index is 0.226. The van der Waals surface area contributed by atoms with Crippen molar-refractivity contribution >= 4 is 23.2 Å². The van der Waals surface area contributed by atoms with E-state index in [-0.39, 0.29) is 17.4 Å². The molecule has 1 heterocycles. The Morgan fingerprint density at radius 1 is 1.00 bits per heavy atom. The molecule has 2 aromatic rings. The lowest BCUT2D eigenvalue weighted by molar-refractivity contribution is -0.119. The van der Waals surface area contributed by atoms with Crippen molar-refractivity contribution < 1.29 is 9.59 Å². The summed E-state index contributed by atoms with van der Waals surface area (Å²) in [6.07, 6.45) is 9.02. The van der Waals surface area contributed by atoms with Crippen LogP contribution in [0.4, 0.5) is 11.4 Å². The summed E-state index contributed by atoms with van der Waals surface area (Å²) in [6.45, 7) is 0. The first-order valence-corrected chi connectivity index (χ1v) is 9.07. The molecule has 0 radical (unpaired) electrons. The molecular weight excluding hydrogens is 336 g/mol. The maximum atomic E-state index is 13.4. The summed E-state index contributed by atoms with van der Waals surface area (Å²) in [4.78, 5) is 28.3. The lowest BCUT2D eigenvalue weighted by Crippen LogP contribution is -2.47. The highest BCUT2D eigenvalue weighted by Gasteiger charge is 2.55. The number of fused-ring (bicyclic) bond motifs is 1. The second-order valence-corrected chi connectivity index (χ2v) is 7.10. The SMILES string of the molecule is O=C(Nc1ccccc1)C1=C2C=CC3C=CC2(C3)N(c2ccccc2)C1=O. The maximum Gasteiger partial charge on any atom is 0.265 e. The molecule has 27 heavy (non-hydrogen) atoms. The second kappa shape index (κ2) is 5.81. The van der Waals surface area contributed by atoms with Gasteiger partial charge in [-0.15, -0.1) is 0 Å². The lowest BCUT2D eigenvalue weighted by atomic mass is 9.81. The van der Waals surface area contributed by atoms with Gasteiger partial charge in [-0.3, -0.25) is 14.5 Å². The first-order valence-electron chi connectivity index (χ1n) is 9.07. The van der Waals surface area contributed by atoms with Gasteiger partial charge in [-0.2, -0.15) is 0 Å². The van der Waals surface area contributed by atoms with Crippen molar-refractivity contribution in [1.82, 2.24) is 0 Å². The van der Waals surface area contributed by atoms with Crippen LogP contribution in [-0.4, -0.2) is 17.4 Å². The van der Waals surface area contributed by atoms with E-state index in [2.05, 4.69) is 23.5 Å². The third-order valence-electron chi connectivity index (χ3n) is 5.50. The molecule has 2 aromatic carbocycles. The molecule has 4 heteroatoms. The van der Waals surface area contributed by atoms with Gasteiger partial charge in [-0.05, 0) is 36.6 Å². The number of amides is 2. The molecule has 4 nitrogen and oxygen atoms in total. The fourth-order valence-corrected chi connectivity index (χ4v) is 4.33. The van der Waals surface area contributed by atoms with Crippen LogP contribution in [0.2, 0.25) is 0 Å². The van der Waals surface area contributed by atoms with Crippen LogP contribution in [0.25, 0.3) is 0 Å². The molecule has 1 aliphatic heterocycles. The molecule has 1 spiro atoms. The van der Waals surface area contributed by atoms with Crippen LogP contribution in [-0.2, 0) is 9.59 Å². The molecule has 0 fully saturated rings. The second-order valence-electron chi connectivity index (χ2n) is 7.10. The molecule has 3 aliphatic rings. The zero-order valence-corrected chi connectivity index (χ0v) is 14.6. The highest BCUT2D eigenvalue weighted by atomic mass is 16.2. The van der Waals surface area contributed by atoms with E-state index in [0.29, 0.717) is 11.6 Å². The predicted molar refractivity (Wildman–Crippen MR) is 105 cm³/mol. The summed E-state index contributed by atoms with van der Waals surface area (Å²) in [7, 11) is 0. The summed E-state index contributed by atoms with van der Waals surface area (Å²) >= 11 is 0. The van der Waals surface area contributed by atoms with Gasteiger partial charge in [0, 0.05) is 16.9 Å². The van der Waals surface area contributed by atoms with Crippen molar-refractivity contribution in [3.05, 3.63) is 96.1 Å². The number of allylic oxidation sites excluding steroid dienone is 2. The Balaban J connectivity index is 1.61. The summed E-state index contributed by atoms with van der Waals surface area (Å²) in [5, 5.41) is 2.87. The van der Waals surface area contributed by atoms with Crippen LogP contribution in [0.15, 0.2) is 96.1 Å². The Morgan fingerprint density at radius 2 is 1.70 bits per heavy atom. The van der Waals surface area contributed by atoms with Crippen LogP contribution >= 0.6 is 0 Å². The number of hydrogen-bond donors (Lipinski definition) is 1. The van der Waals surface area contributed by atoms with Gasteiger partial charge in [-0.25, -0.2) is 0 Å². The zero-order valence-electron chi connectivity index (χ0n) is 14.6. The number of para-hydroxylation sites is 2. The third kappa shape index (κ3) is 2.30.